The smallest absolute Gasteiger partial charge is 0.0813 e. The maximum Gasteiger partial charge on any atom is 0.0813 e. The van der Waals surface area contributed by atoms with Crippen molar-refractivity contribution in [2.45, 2.75) is 19.4 Å². The van der Waals surface area contributed by atoms with Crippen LogP contribution in [-0.2, 0) is 0 Å². The first-order chi connectivity index (χ1) is 4.04. The molecule has 2 unspecified atom stereocenters. The molecule has 0 aliphatic heterocycles. The van der Waals surface area contributed by atoms with E-state index in [0.29, 0.717) is 0 Å². The summed E-state index contributed by atoms with van der Waals surface area (Å²) in [5.41, 5.74) is -0.802. The maximum atomic E-state index is 9.39. The lowest BCUT2D eigenvalue weighted by Crippen LogP contribution is -2.33. The Kier molecular flexibility index (Phi) is 3.23. The summed E-state index contributed by atoms with van der Waals surface area (Å²) in [5.74, 6) is 0.301. The zero-order chi connectivity index (χ0) is 7.49. The molecule has 0 rings (SSSR count). The fraction of sp³-hybridized carbons (Fsp3) is 0.714. The molecule has 0 aromatic rings. The van der Waals surface area contributed by atoms with Gasteiger partial charge in [0.1, 0.15) is 0 Å². The molecular weight excluding hydrogens is 136 g/mol. The van der Waals surface area contributed by atoms with Crippen molar-refractivity contribution in [3.63, 3.8) is 0 Å². The van der Waals surface area contributed by atoms with Crippen molar-refractivity contribution in [1.82, 2.24) is 0 Å². The second-order valence-corrected chi connectivity index (χ2v) is 2.78. The molecule has 0 fully saturated rings. The standard InChI is InChI=1S/C7H13ClO/c1-4-6(2)7(3,9)5-8/h4,6,9H,1,5H2,2-3H3. The SMILES string of the molecule is C=CC(C)C(C)(O)CCl. The van der Waals surface area contributed by atoms with Crippen LogP contribution in [0.2, 0.25) is 0 Å². The summed E-state index contributed by atoms with van der Waals surface area (Å²) < 4.78 is 0. The summed E-state index contributed by atoms with van der Waals surface area (Å²) in [4.78, 5) is 0. The molecule has 0 saturated heterocycles. The molecule has 0 saturated carbocycles. The van der Waals surface area contributed by atoms with E-state index < -0.39 is 5.60 Å². The molecule has 9 heavy (non-hydrogen) atoms. The number of rotatable bonds is 3. The van der Waals surface area contributed by atoms with Gasteiger partial charge >= 0.3 is 0 Å². The molecule has 0 aliphatic rings. The Labute approximate surface area is 61.3 Å². The summed E-state index contributed by atoms with van der Waals surface area (Å²) in [5, 5.41) is 9.39. The van der Waals surface area contributed by atoms with Gasteiger partial charge in [-0.05, 0) is 6.92 Å². The molecule has 2 heteroatoms. The zero-order valence-corrected chi connectivity index (χ0v) is 6.65. The van der Waals surface area contributed by atoms with Crippen LogP contribution in [0.5, 0.6) is 0 Å². The number of hydrogen-bond acceptors (Lipinski definition) is 1. The first-order valence-corrected chi connectivity index (χ1v) is 3.49. The van der Waals surface area contributed by atoms with Crippen molar-refractivity contribution >= 4 is 11.6 Å². The Morgan fingerprint density at radius 2 is 2.33 bits per heavy atom. The molecule has 1 nitrogen and oxygen atoms in total. The summed E-state index contributed by atoms with van der Waals surface area (Å²) in [6, 6.07) is 0. The maximum absolute atomic E-state index is 9.39. The zero-order valence-electron chi connectivity index (χ0n) is 5.89. The lowest BCUT2D eigenvalue weighted by Gasteiger charge is -2.24. The van der Waals surface area contributed by atoms with E-state index >= 15 is 0 Å². The van der Waals surface area contributed by atoms with Crippen molar-refractivity contribution in [1.29, 1.82) is 0 Å². The predicted octanol–water partition coefficient (Wildman–Crippen LogP) is 1.80. The Balaban J connectivity index is 3.95. The molecule has 1 N–H and O–H groups in total. The van der Waals surface area contributed by atoms with Crippen molar-refractivity contribution in [3.05, 3.63) is 12.7 Å². The van der Waals surface area contributed by atoms with Crippen LogP contribution in [0.1, 0.15) is 13.8 Å². The van der Waals surface area contributed by atoms with Gasteiger partial charge in [-0.2, -0.15) is 0 Å². The number of aliphatic hydroxyl groups is 1. The van der Waals surface area contributed by atoms with Crippen molar-refractivity contribution < 1.29 is 5.11 Å². The van der Waals surface area contributed by atoms with E-state index in [1.165, 1.54) is 0 Å². The van der Waals surface area contributed by atoms with Gasteiger partial charge in [0.25, 0.3) is 0 Å². The molecule has 0 amide bonds. The molecule has 0 radical (unpaired) electrons. The molecule has 54 valence electrons. The molecule has 0 aliphatic carbocycles. The average molecular weight is 149 g/mol. The van der Waals surface area contributed by atoms with Gasteiger partial charge in [-0.1, -0.05) is 13.0 Å². The van der Waals surface area contributed by atoms with Gasteiger partial charge in [0.2, 0.25) is 0 Å². The molecule has 0 aromatic carbocycles. The molecular formula is C7H13ClO. The van der Waals surface area contributed by atoms with Gasteiger partial charge in [0.05, 0.1) is 11.5 Å². The van der Waals surface area contributed by atoms with Gasteiger partial charge in [-0.15, -0.1) is 18.2 Å². The highest BCUT2D eigenvalue weighted by molar-refractivity contribution is 6.18. The second-order valence-electron chi connectivity index (χ2n) is 2.52. The largest absolute Gasteiger partial charge is 0.388 e. The fourth-order valence-corrected chi connectivity index (χ4v) is 0.619. The topological polar surface area (TPSA) is 20.2 Å². The van der Waals surface area contributed by atoms with Crippen LogP contribution in [-0.4, -0.2) is 16.6 Å². The van der Waals surface area contributed by atoms with Crippen LogP contribution >= 0.6 is 11.6 Å². The Morgan fingerprint density at radius 3 is 2.44 bits per heavy atom. The Bertz CT molecular complexity index is 99.1. The average Bonchev–Trinajstić information content (AvgIpc) is 1.86. The van der Waals surface area contributed by atoms with Gasteiger partial charge in [-0.25, -0.2) is 0 Å². The molecule has 0 heterocycles. The second kappa shape index (κ2) is 3.23. The quantitative estimate of drug-likeness (QED) is 0.478. The van der Waals surface area contributed by atoms with E-state index in [9.17, 15) is 5.11 Å². The normalized spacial score (nSPS) is 20.4. The third kappa shape index (κ3) is 2.37. The van der Waals surface area contributed by atoms with Crippen molar-refractivity contribution in [2.24, 2.45) is 5.92 Å². The minimum Gasteiger partial charge on any atom is -0.388 e. The van der Waals surface area contributed by atoms with E-state index in [1.54, 1.807) is 13.0 Å². The lowest BCUT2D eigenvalue weighted by molar-refractivity contribution is 0.0478. The first-order valence-electron chi connectivity index (χ1n) is 2.95. The van der Waals surface area contributed by atoms with Crippen LogP contribution in [0.4, 0.5) is 0 Å². The number of hydrogen-bond donors (Lipinski definition) is 1. The molecule has 2 atom stereocenters. The van der Waals surface area contributed by atoms with E-state index in [2.05, 4.69) is 6.58 Å². The van der Waals surface area contributed by atoms with Crippen molar-refractivity contribution in [2.75, 3.05) is 5.88 Å². The highest BCUT2D eigenvalue weighted by Crippen LogP contribution is 2.18. The number of halogens is 1. The van der Waals surface area contributed by atoms with Crippen LogP contribution in [0, 0.1) is 5.92 Å². The highest BCUT2D eigenvalue weighted by Gasteiger charge is 2.24. The summed E-state index contributed by atoms with van der Waals surface area (Å²) in [7, 11) is 0. The predicted molar refractivity (Wildman–Crippen MR) is 40.7 cm³/mol. The van der Waals surface area contributed by atoms with E-state index in [4.69, 9.17) is 11.6 Å². The molecule has 0 bridgehead atoms. The van der Waals surface area contributed by atoms with Crippen molar-refractivity contribution in [3.8, 4) is 0 Å². The van der Waals surface area contributed by atoms with Crippen LogP contribution in [0.3, 0.4) is 0 Å². The lowest BCUT2D eigenvalue weighted by atomic mass is 9.93. The minimum absolute atomic E-state index is 0.0509. The summed E-state index contributed by atoms with van der Waals surface area (Å²) >= 11 is 5.47. The minimum atomic E-state index is -0.802. The first kappa shape index (κ1) is 8.99. The van der Waals surface area contributed by atoms with Crippen LogP contribution in [0.15, 0.2) is 12.7 Å². The Morgan fingerprint density at radius 1 is 1.89 bits per heavy atom. The number of alkyl halides is 1. The highest BCUT2D eigenvalue weighted by atomic mass is 35.5. The Hall–Kier alpha value is -0.0100. The summed E-state index contributed by atoms with van der Waals surface area (Å²) in [6.07, 6.45) is 1.70. The van der Waals surface area contributed by atoms with Gasteiger partial charge in [0.15, 0.2) is 0 Å². The summed E-state index contributed by atoms with van der Waals surface area (Å²) in [6.45, 7) is 7.14. The van der Waals surface area contributed by atoms with E-state index in [1.807, 2.05) is 6.92 Å². The monoisotopic (exact) mass is 148 g/mol. The van der Waals surface area contributed by atoms with Crippen LogP contribution in [0.25, 0.3) is 0 Å². The van der Waals surface area contributed by atoms with Crippen LogP contribution < -0.4 is 0 Å². The van der Waals surface area contributed by atoms with E-state index in [0.717, 1.165) is 0 Å². The van der Waals surface area contributed by atoms with Gasteiger partial charge in [0, 0.05) is 5.92 Å². The third-order valence-corrected chi connectivity index (χ3v) is 2.15. The molecule has 0 aromatic heterocycles. The third-order valence-electron chi connectivity index (χ3n) is 1.61. The molecule has 0 spiro atoms. The fourth-order valence-electron chi connectivity index (χ4n) is 0.376. The van der Waals surface area contributed by atoms with Gasteiger partial charge in [-0.3, -0.25) is 0 Å². The van der Waals surface area contributed by atoms with Gasteiger partial charge < -0.3 is 5.11 Å². The van der Waals surface area contributed by atoms with E-state index in [-0.39, 0.29) is 11.8 Å².